The number of carbonyl (C=O) groups excluding carboxylic acids is 1. The lowest BCUT2D eigenvalue weighted by atomic mass is 9.87. The van der Waals surface area contributed by atoms with Crippen LogP contribution >= 0.6 is 0 Å². The highest BCUT2D eigenvalue weighted by Gasteiger charge is 2.27. The van der Waals surface area contributed by atoms with E-state index in [2.05, 4.69) is 28.7 Å². The molecule has 1 aliphatic heterocycles. The second kappa shape index (κ2) is 6.33. The highest BCUT2D eigenvalue weighted by molar-refractivity contribution is 5.83. The van der Waals surface area contributed by atoms with Crippen molar-refractivity contribution in [2.24, 2.45) is 11.8 Å². The summed E-state index contributed by atoms with van der Waals surface area (Å²) in [6.45, 7) is 10.0. The molecule has 0 amide bonds. The van der Waals surface area contributed by atoms with Crippen LogP contribution in [0.5, 0.6) is 0 Å². The van der Waals surface area contributed by atoms with Gasteiger partial charge in [0.2, 0.25) is 5.95 Å². The fourth-order valence-corrected chi connectivity index (χ4v) is 2.63. The Kier molecular flexibility index (Phi) is 4.73. The maximum Gasteiger partial charge on any atom is 0.225 e. The molecular formula is C16H25N3O. The van der Waals surface area contributed by atoms with Crippen LogP contribution in [0.4, 0.5) is 5.95 Å². The summed E-state index contributed by atoms with van der Waals surface area (Å²) in [6, 6.07) is 0. The Morgan fingerprint density at radius 3 is 2.15 bits per heavy atom. The normalized spacial score (nSPS) is 17.0. The van der Waals surface area contributed by atoms with Crippen LogP contribution in [0.1, 0.15) is 52.0 Å². The van der Waals surface area contributed by atoms with Crippen LogP contribution in [-0.2, 0) is 4.79 Å². The van der Waals surface area contributed by atoms with Gasteiger partial charge < -0.3 is 4.90 Å². The molecule has 1 aromatic rings. The summed E-state index contributed by atoms with van der Waals surface area (Å²) in [5.41, 5.74) is 1.17. The Balaban J connectivity index is 1.95. The molecule has 4 heteroatoms. The van der Waals surface area contributed by atoms with Gasteiger partial charge in [0.15, 0.2) is 0 Å². The summed E-state index contributed by atoms with van der Waals surface area (Å²) in [6.07, 6.45) is 5.68. The number of hydrogen-bond acceptors (Lipinski definition) is 4. The van der Waals surface area contributed by atoms with Gasteiger partial charge >= 0.3 is 0 Å². The van der Waals surface area contributed by atoms with Gasteiger partial charge in [0, 0.05) is 37.3 Å². The number of ketones is 1. The van der Waals surface area contributed by atoms with Crippen molar-refractivity contribution in [1.29, 1.82) is 0 Å². The topological polar surface area (TPSA) is 46.1 Å². The predicted octanol–water partition coefficient (Wildman–Crippen LogP) is 3.04. The third kappa shape index (κ3) is 3.35. The van der Waals surface area contributed by atoms with Crippen LogP contribution in [0.3, 0.4) is 0 Å². The first-order valence-electron chi connectivity index (χ1n) is 7.59. The minimum absolute atomic E-state index is 0.146. The lowest BCUT2D eigenvalue weighted by molar-refractivity contribution is -0.126. The molecule has 110 valence electrons. The molecular weight excluding hydrogens is 250 g/mol. The van der Waals surface area contributed by atoms with E-state index in [0.717, 1.165) is 31.9 Å². The number of hydrogen-bond donors (Lipinski definition) is 0. The number of rotatable bonds is 4. The maximum atomic E-state index is 12.0. The first-order chi connectivity index (χ1) is 9.49. The van der Waals surface area contributed by atoms with E-state index < -0.39 is 0 Å². The molecule has 0 spiro atoms. The van der Waals surface area contributed by atoms with Crippen LogP contribution in [-0.4, -0.2) is 28.8 Å². The first-order valence-corrected chi connectivity index (χ1v) is 7.59. The number of anilines is 1. The fourth-order valence-electron chi connectivity index (χ4n) is 2.63. The van der Waals surface area contributed by atoms with Crippen molar-refractivity contribution in [2.45, 2.75) is 46.5 Å². The Hall–Kier alpha value is -1.45. The van der Waals surface area contributed by atoms with Gasteiger partial charge in [-0.15, -0.1) is 0 Å². The maximum absolute atomic E-state index is 12.0. The van der Waals surface area contributed by atoms with Crippen LogP contribution in [0, 0.1) is 11.8 Å². The quantitative estimate of drug-likeness (QED) is 0.847. The van der Waals surface area contributed by atoms with Crippen LogP contribution in [0.2, 0.25) is 0 Å². The number of aromatic nitrogens is 2. The lowest BCUT2D eigenvalue weighted by Crippen LogP contribution is -2.38. The van der Waals surface area contributed by atoms with Gasteiger partial charge in [0.1, 0.15) is 5.78 Å². The van der Waals surface area contributed by atoms with E-state index in [1.165, 1.54) is 5.56 Å². The summed E-state index contributed by atoms with van der Waals surface area (Å²) < 4.78 is 0. The molecule has 1 fully saturated rings. The van der Waals surface area contributed by atoms with E-state index in [1.54, 1.807) is 0 Å². The Morgan fingerprint density at radius 2 is 1.70 bits per heavy atom. The van der Waals surface area contributed by atoms with E-state index in [9.17, 15) is 4.79 Å². The van der Waals surface area contributed by atoms with Crippen molar-refractivity contribution in [3.8, 4) is 0 Å². The second-order valence-electron chi connectivity index (χ2n) is 6.29. The molecule has 0 bridgehead atoms. The molecule has 20 heavy (non-hydrogen) atoms. The van der Waals surface area contributed by atoms with Crippen LogP contribution in [0.15, 0.2) is 12.4 Å². The summed E-state index contributed by atoms with van der Waals surface area (Å²) in [4.78, 5) is 23.1. The zero-order valence-corrected chi connectivity index (χ0v) is 13.0. The lowest BCUT2D eigenvalue weighted by Gasteiger charge is -2.32. The monoisotopic (exact) mass is 275 g/mol. The second-order valence-corrected chi connectivity index (χ2v) is 6.29. The van der Waals surface area contributed by atoms with Gasteiger partial charge in [-0.2, -0.15) is 0 Å². The minimum atomic E-state index is 0.146. The van der Waals surface area contributed by atoms with Gasteiger partial charge in [0.25, 0.3) is 0 Å². The number of carbonyl (C=O) groups is 1. The van der Waals surface area contributed by atoms with Crippen LogP contribution in [0.25, 0.3) is 0 Å². The molecule has 1 saturated heterocycles. The average molecular weight is 275 g/mol. The number of Topliss-reactive ketones (excluding diaryl/α,β-unsaturated/α-hetero) is 1. The summed E-state index contributed by atoms with van der Waals surface area (Å²) in [5.74, 6) is 2.03. The molecule has 0 N–H and O–H groups in total. The molecule has 0 atom stereocenters. The molecule has 0 aliphatic carbocycles. The largest absolute Gasteiger partial charge is 0.341 e. The van der Waals surface area contributed by atoms with Crippen molar-refractivity contribution in [1.82, 2.24) is 9.97 Å². The molecule has 1 aliphatic rings. The Bertz CT molecular complexity index is 445. The molecule has 0 radical (unpaired) electrons. The molecule has 4 nitrogen and oxygen atoms in total. The zero-order valence-electron chi connectivity index (χ0n) is 13.0. The average Bonchev–Trinajstić information content (AvgIpc) is 2.46. The Labute approximate surface area is 121 Å². The zero-order chi connectivity index (χ0) is 14.7. The van der Waals surface area contributed by atoms with Crippen molar-refractivity contribution in [3.05, 3.63) is 18.0 Å². The SMILES string of the molecule is CC(C)C(=O)C1CCN(c2ncc(C(C)C)cn2)CC1. The molecule has 0 unspecified atom stereocenters. The van der Waals surface area contributed by atoms with Crippen molar-refractivity contribution < 1.29 is 4.79 Å². The van der Waals surface area contributed by atoms with Gasteiger partial charge in [-0.25, -0.2) is 9.97 Å². The van der Waals surface area contributed by atoms with E-state index in [1.807, 2.05) is 26.2 Å². The van der Waals surface area contributed by atoms with E-state index in [-0.39, 0.29) is 11.8 Å². The van der Waals surface area contributed by atoms with Gasteiger partial charge in [-0.1, -0.05) is 27.7 Å². The third-order valence-corrected chi connectivity index (χ3v) is 4.07. The smallest absolute Gasteiger partial charge is 0.225 e. The summed E-state index contributed by atoms with van der Waals surface area (Å²) in [5, 5.41) is 0. The third-order valence-electron chi connectivity index (χ3n) is 4.07. The Morgan fingerprint density at radius 1 is 1.15 bits per heavy atom. The summed E-state index contributed by atoms with van der Waals surface area (Å²) >= 11 is 0. The van der Waals surface area contributed by atoms with Crippen molar-refractivity contribution in [3.63, 3.8) is 0 Å². The van der Waals surface area contributed by atoms with E-state index >= 15 is 0 Å². The summed E-state index contributed by atoms with van der Waals surface area (Å²) in [7, 11) is 0. The highest BCUT2D eigenvalue weighted by Crippen LogP contribution is 2.24. The van der Waals surface area contributed by atoms with Gasteiger partial charge in [0.05, 0.1) is 0 Å². The molecule has 0 saturated carbocycles. The number of nitrogens with zero attached hydrogens (tertiary/aromatic N) is 3. The molecule has 1 aromatic heterocycles. The van der Waals surface area contributed by atoms with Crippen molar-refractivity contribution >= 4 is 11.7 Å². The van der Waals surface area contributed by atoms with Crippen LogP contribution < -0.4 is 4.90 Å². The minimum Gasteiger partial charge on any atom is -0.341 e. The molecule has 2 rings (SSSR count). The highest BCUT2D eigenvalue weighted by atomic mass is 16.1. The van der Waals surface area contributed by atoms with Crippen molar-refractivity contribution in [2.75, 3.05) is 18.0 Å². The number of piperidine rings is 1. The standard InChI is InChI=1S/C16H25N3O/c1-11(2)14-9-17-16(18-10-14)19-7-5-13(6-8-19)15(20)12(3)4/h9-13H,5-8H2,1-4H3. The van der Waals surface area contributed by atoms with Gasteiger partial charge in [-0.3, -0.25) is 4.79 Å². The first kappa shape index (κ1) is 14.9. The fraction of sp³-hybridized carbons (Fsp3) is 0.688. The van der Waals surface area contributed by atoms with E-state index in [0.29, 0.717) is 11.7 Å². The predicted molar refractivity (Wildman–Crippen MR) is 80.9 cm³/mol. The molecule has 0 aromatic carbocycles. The molecule has 2 heterocycles. The van der Waals surface area contributed by atoms with Gasteiger partial charge in [-0.05, 0) is 24.3 Å². The van der Waals surface area contributed by atoms with E-state index in [4.69, 9.17) is 0 Å².